The third kappa shape index (κ3) is 3.14. The van der Waals surface area contributed by atoms with E-state index in [0.29, 0.717) is 24.0 Å². The molecule has 0 amide bonds. The highest BCUT2D eigenvalue weighted by atomic mass is 19.4. The van der Waals surface area contributed by atoms with Crippen molar-refractivity contribution in [1.29, 1.82) is 0 Å². The predicted molar refractivity (Wildman–Crippen MR) is 69.6 cm³/mol. The molecule has 1 aliphatic carbocycles. The van der Waals surface area contributed by atoms with Crippen LogP contribution in [0.5, 0.6) is 0 Å². The van der Waals surface area contributed by atoms with Gasteiger partial charge in [-0.2, -0.15) is 13.2 Å². The smallest absolute Gasteiger partial charge is 0.324 e. The summed E-state index contributed by atoms with van der Waals surface area (Å²) >= 11 is 0. The first-order chi connectivity index (χ1) is 9.30. The van der Waals surface area contributed by atoms with E-state index in [1.54, 1.807) is 13.0 Å². The van der Waals surface area contributed by atoms with E-state index in [-0.39, 0.29) is 12.2 Å². The van der Waals surface area contributed by atoms with E-state index in [4.69, 9.17) is 5.73 Å². The molecular formula is C15H19F4N. The first-order valence-corrected chi connectivity index (χ1v) is 6.89. The van der Waals surface area contributed by atoms with Crippen molar-refractivity contribution in [2.45, 2.75) is 44.8 Å². The topological polar surface area (TPSA) is 26.0 Å². The van der Waals surface area contributed by atoms with Gasteiger partial charge in [0.1, 0.15) is 5.82 Å². The van der Waals surface area contributed by atoms with Gasteiger partial charge in [-0.3, -0.25) is 0 Å². The highest BCUT2D eigenvalue weighted by Crippen LogP contribution is 2.45. The highest BCUT2D eigenvalue weighted by molar-refractivity contribution is 5.27. The minimum atomic E-state index is -4.21. The van der Waals surface area contributed by atoms with Crippen molar-refractivity contribution >= 4 is 0 Å². The molecule has 1 aromatic rings. The van der Waals surface area contributed by atoms with Crippen molar-refractivity contribution in [3.05, 3.63) is 35.1 Å². The van der Waals surface area contributed by atoms with Crippen LogP contribution < -0.4 is 5.73 Å². The third-order valence-electron chi connectivity index (χ3n) is 4.27. The van der Waals surface area contributed by atoms with Gasteiger partial charge in [-0.1, -0.05) is 25.0 Å². The second-order valence-corrected chi connectivity index (χ2v) is 5.63. The Bertz CT molecular complexity index is 469. The zero-order chi connectivity index (χ0) is 14.9. The lowest BCUT2D eigenvalue weighted by Crippen LogP contribution is -2.38. The number of hydrogen-bond donors (Lipinski definition) is 1. The molecule has 2 N–H and O–H groups in total. The van der Waals surface area contributed by atoms with Crippen LogP contribution in [0.3, 0.4) is 0 Å². The van der Waals surface area contributed by atoms with Crippen LogP contribution in [0.4, 0.5) is 17.6 Å². The van der Waals surface area contributed by atoms with Gasteiger partial charge in [0.2, 0.25) is 0 Å². The molecule has 0 saturated heterocycles. The average molecular weight is 289 g/mol. The van der Waals surface area contributed by atoms with E-state index < -0.39 is 24.1 Å². The Morgan fingerprint density at radius 1 is 1.20 bits per heavy atom. The van der Waals surface area contributed by atoms with Crippen LogP contribution in [-0.4, -0.2) is 6.18 Å². The Morgan fingerprint density at radius 3 is 2.45 bits per heavy atom. The molecule has 3 atom stereocenters. The van der Waals surface area contributed by atoms with Gasteiger partial charge in [-0.15, -0.1) is 0 Å². The fourth-order valence-corrected chi connectivity index (χ4v) is 3.12. The van der Waals surface area contributed by atoms with E-state index in [1.165, 1.54) is 12.1 Å². The monoisotopic (exact) mass is 289 g/mol. The Balaban J connectivity index is 2.25. The Morgan fingerprint density at radius 2 is 1.85 bits per heavy atom. The normalized spacial score (nSPS) is 25.5. The van der Waals surface area contributed by atoms with Crippen LogP contribution in [0.15, 0.2) is 18.2 Å². The molecule has 1 aliphatic rings. The van der Waals surface area contributed by atoms with Gasteiger partial charge in [-0.05, 0) is 42.9 Å². The van der Waals surface area contributed by atoms with Crippen molar-refractivity contribution < 1.29 is 17.6 Å². The van der Waals surface area contributed by atoms with Gasteiger partial charge < -0.3 is 5.73 Å². The lowest BCUT2D eigenvalue weighted by molar-refractivity contribution is -0.198. The molecule has 2 rings (SSSR count). The summed E-state index contributed by atoms with van der Waals surface area (Å²) in [5.74, 6) is -2.33. The largest absolute Gasteiger partial charge is 0.392 e. The van der Waals surface area contributed by atoms with Gasteiger partial charge in [0, 0.05) is 6.04 Å². The number of rotatable bonds is 2. The fraction of sp³-hybridized carbons (Fsp3) is 0.600. The summed E-state index contributed by atoms with van der Waals surface area (Å²) in [6.45, 7) is 1.59. The van der Waals surface area contributed by atoms with Crippen LogP contribution >= 0.6 is 0 Å². The minimum absolute atomic E-state index is 0.141. The fourth-order valence-electron chi connectivity index (χ4n) is 3.12. The number of halogens is 4. The molecule has 5 heteroatoms. The summed E-state index contributed by atoms with van der Waals surface area (Å²) in [6.07, 6.45) is -2.23. The van der Waals surface area contributed by atoms with Crippen molar-refractivity contribution in [3.8, 4) is 0 Å². The lowest BCUT2D eigenvalue weighted by atomic mass is 9.73. The number of alkyl halides is 3. The minimum Gasteiger partial charge on any atom is -0.324 e. The molecule has 0 bridgehead atoms. The van der Waals surface area contributed by atoms with Crippen LogP contribution in [0.25, 0.3) is 0 Å². The Kier molecular flexibility index (Phi) is 4.37. The molecule has 3 unspecified atom stereocenters. The van der Waals surface area contributed by atoms with E-state index in [9.17, 15) is 17.6 Å². The van der Waals surface area contributed by atoms with Crippen LogP contribution in [-0.2, 0) is 0 Å². The molecule has 1 aromatic carbocycles. The summed E-state index contributed by atoms with van der Waals surface area (Å²) in [5, 5.41) is 0. The maximum Gasteiger partial charge on any atom is 0.392 e. The molecule has 0 radical (unpaired) electrons. The van der Waals surface area contributed by atoms with Crippen molar-refractivity contribution in [2.24, 2.45) is 17.6 Å². The SMILES string of the molecule is Cc1cc(C(N)C2CCCCC2C(F)(F)F)ccc1F. The molecule has 0 aliphatic heterocycles. The van der Waals surface area contributed by atoms with Crippen LogP contribution in [0.1, 0.15) is 42.9 Å². The van der Waals surface area contributed by atoms with Gasteiger partial charge in [0.15, 0.2) is 0 Å². The van der Waals surface area contributed by atoms with E-state index in [1.807, 2.05) is 0 Å². The summed E-state index contributed by atoms with van der Waals surface area (Å²) in [5.41, 5.74) is 7.06. The number of hydrogen-bond acceptors (Lipinski definition) is 1. The summed E-state index contributed by atoms with van der Waals surface area (Å²) in [6, 6.07) is 3.63. The molecule has 1 saturated carbocycles. The number of aryl methyl sites for hydroxylation is 1. The quantitative estimate of drug-likeness (QED) is 0.797. The van der Waals surface area contributed by atoms with Crippen LogP contribution in [0, 0.1) is 24.6 Å². The maximum atomic E-state index is 13.2. The molecule has 20 heavy (non-hydrogen) atoms. The second kappa shape index (κ2) is 5.72. The summed E-state index contributed by atoms with van der Waals surface area (Å²) < 4.78 is 52.5. The zero-order valence-electron chi connectivity index (χ0n) is 11.4. The van der Waals surface area contributed by atoms with E-state index in [2.05, 4.69) is 0 Å². The summed E-state index contributed by atoms with van der Waals surface area (Å²) in [4.78, 5) is 0. The number of benzene rings is 1. The maximum absolute atomic E-state index is 13.2. The van der Waals surface area contributed by atoms with Gasteiger partial charge in [-0.25, -0.2) is 4.39 Å². The Labute approximate surface area is 116 Å². The first-order valence-electron chi connectivity index (χ1n) is 6.89. The van der Waals surface area contributed by atoms with Gasteiger partial charge >= 0.3 is 6.18 Å². The van der Waals surface area contributed by atoms with Gasteiger partial charge in [0.25, 0.3) is 0 Å². The highest BCUT2D eigenvalue weighted by Gasteiger charge is 2.47. The Hall–Kier alpha value is -1.10. The lowest BCUT2D eigenvalue weighted by Gasteiger charge is -2.36. The van der Waals surface area contributed by atoms with Crippen molar-refractivity contribution in [1.82, 2.24) is 0 Å². The first kappa shape index (κ1) is 15.3. The second-order valence-electron chi connectivity index (χ2n) is 5.63. The standard InChI is InChI=1S/C15H19F4N/c1-9-8-10(6-7-13(9)16)14(20)11-4-2-3-5-12(11)15(17,18)19/h6-8,11-12,14H,2-5,20H2,1H3. The summed E-state index contributed by atoms with van der Waals surface area (Å²) in [7, 11) is 0. The van der Waals surface area contributed by atoms with Crippen molar-refractivity contribution in [3.63, 3.8) is 0 Å². The molecular weight excluding hydrogens is 270 g/mol. The molecule has 0 heterocycles. The average Bonchev–Trinajstić information content (AvgIpc) is 2.40. The van der Waals surface area contributed by atoms with Gasteiger partial charge in [0.05, 0.1) is 5.92 Å². The molecule has 1 fully saturated rings. The predicted octanol–water partition coefficient (Wildman–Crippen LogP) is 4.50. The zero-order valence-corrected chi connectivity index (χ0v) is 11.4. The molecule has 1 nitrogen and oxygen atoms in total. The molecule has 0 aromatic heterocycles. The van der Waals surface area contributed by atoms with E-state index >= 15 is 0 Å². The van der Waals surface area contributed by atoms with E-state index in [0.717, 1.165) is 6.42 Å². The van der Waals surface area contributed by atoms with Crippen molar-refractivity contribution in [2.75, 3.05) is 0 Å². The molecule has 0 spiro atoms. The van der Waals surface area contributed by atoms with Crippen LogP contribution in [0.2, 0.25) is 0 Å². The third-order valence-corrected chi connectivity index (χ3v) is 4.27. The number of nitrogens with two attached hydrogens (primary N) is 1. The molecule has 112 valence electrons.